The van der Waals surface area contributed by atoms with Crippen LogP contribution >= 0.6 is 0 Å². The summed E-state index contributed by atoms with van der Waals surface area (Å²) in [4.78, 5) is 10.6. The minimum Gasteiger partial charge on any atom is -0.481 e. The monoisotopic (exact) mass is 274 g/mol. The largest absolute Gasteiger partial charge is 0.481 e. The van der Waals surface area contributed by atoms with Crippen molar-refractivity contribution >= 4 is 5.97 Å². The summed E-state index contributed by atoms with van der Waals surface area (Å²) in [7, 11) is 0. The van der Waals surface area contributed by atoms with Crippen molar-refractivity contribution in [3.8, 4) is 6.07 Å². The minimum atomic E-state index is -0.733. The van der Waals surface area contributed by atoms with E-state index in [0.29, 0.717) is 12.0 Å². The predicted octanol–water partition coefficient (Wildman–Crippen LogP) is 2.93. The first kappa shape index (κ1) is 16.2. The van der Waals surface area contributed by atoms with Gasteiger partial charge in [-0.25, -0.2) is 0 Å². The zero-order valence-corrected chi connectivity index (χ0v) is 12.1. The number of hydrogen-bond acceptors (Lipinski definition) is 3. The number of nitrogens with zero attached hydrogens (tertiary/aromatic N) is 1. The van der Waals surface area contributed by atoms with E-state index in [2.05, 4.69) is 25.2 Å². The number of nitrogens with one attached hydrogen (secondary N) is 1. The van der Waals surface area contributed by atoms with Crippen LogP contribution in [-0.4, -0.2) is 17.6 Å². The van der Waals surface area contributed by atoms with E-state index in [1.807, 2.05) is 24.3 Å². The fourth-order valence-corrected chi connectivity index (χ4v) is 1.93. The molecule has 1 aromatic carbocycles. The Bertz CT molecular complexity index is 472. The highest BCUT2D eigenvalue weighted by Crippen LogP contribution is 2.26. The van der Waals surface area contributed by atoms with Crippen LogP contribution in [0.4, 0.5) is 0 Å². The van der Waals surface area contributed by atoms with Crippen LogP contribution < -0.4 is 5.32 Å². The lowest BCUT2D eigenvalue weighted by atomic mass is 9.84. The van der Waals surface area contributed by atoms with Gasteiger partial charge in [-0.3, -0.25) is 4.79 Å². The Labute approximate surface area is 120 Å². The van der Waals surface area contributed by atoms with Crippen molar-refractivity contribution in [1.82, 2.24) is 5.32 Å². The summed E-state index contributed by atoms with van der Waals surface area (Å²) in [5, 5.41) is 20.8. The van der Waals surface area contributed by atoms with Gasteiger partial charge in [0.05, 0.1) is 11.6 Å². The van der Waals surface area contributed by atoms with Crippen LogP contribution in [-0.2, 0) is 11.3 Å². The van der Waals surface area contributed by atoms with Crippen LogP contribution in [0.1, 0.15) is 44.2 Å². The maximum atomic E-state index is 10.6. The summed E-state index contributed by atoms with van der Waals surface area (Å²) in [6, 6.07) is 9.61. The van der Waals surface area contributed by atoms with Gasteiger partial charge >= 0.3 is 5.97 Å². The molecule has 0 fully saturated rings. The summed E-state index contributed by atoms with van der Waals surface area (Å²) in [5.41, 5.74) is 1.85. The lowest BCUT2D eigenvalue weighted by Gasteiger charge is -2.23. The fraction of sp³-hybridized carbons (Fsp3) is 0.500. The number of aliphatic carboxylic acids is 1. The highest BCUT2D eigenvalue weighted by atomic mass is 16.4. The van der Waals surface area contributed by atoms with Crippen molar-refractivity contribution < 1.29 is 9.90 Å². The molecule has 108 valence electrons. The number of hydrogen-bond donors (Lipinski definition) is 2. The molecule has 0 aliphatic rings. The fourth-order valence-electron chi connectivity index (χ4n) is 1.93. The second kappa shape index (κ2) is 7.66. The Morgan fingerprint density at radius 2 is 1.95 bits per heavy atom. The van der Waals surface area contributed by atoms with E-state index in [4.69, 9.17) is 10.4 Å². The minimum absolute atomic E-state index is 0.0378. The second-order valence-electron chi connectivity index (χ2n) is 5.79. The van der Waals surface area contributed by atoms with Crippen LogP contribution in [0, 0.1) is 16.7 Å². The lowest BCUT2D eigenvalue weighted by Crippen LogP contribution is -2.23. The molecule has 0 aromatic heterocycles. The molecule has 0 unspecified atom stereocenters. The van der Waals surface area contributed by atoms with E-state index < -0.39 is 5.97 Å². The van der Waals surface area contributed by atoms with Crippen molar-refractivity contribution in [3.63, 3.8) is 0 Å². The molecule has 0 bridgehead atoms. The first-order valence-electron chi connectivity index (χ1n) is 6.84. The third kappa shape index (κ3) is 6.35. The van der Waals surface area contributed by atoms with Gasteiger partial charge in [-0.1, -0.05) is 26.0 Å². The summed E-state index contributed by atoms with van der Waals surface area (Å²) >= 11 is 0. The van der Waals surface area contributed by atoms with Crippen LogP contribution in [0.25, 0.3) is 0 Å². The third-order valence-corrected chi connectivity index (χ3v) is 3.41. The first-order chi connectivity index (χ1) is 9.43. The van der Waals surface area contributed by atoms with Gasteiger partial charge < -0.3 is 10.4 Å². The van der Waals surface area contributed by atoms with Crippen molar-refractivity contribution in [1.29, 1.82) is 5.26 Å². The zero-order chi connectivity index (χ0) is 15.0. The van der Waals surface area contributed by atoms with Gasteiger partial charge in [0.2, 0.25) is 0 Å². The summed E-state index contributed by atoms with van der Waals surface area (Å²) in [5.74, 6) is -0.733. The number of carboxylic acids is 1. The van der Waals surface area contributed by atoms with Gasteiger partial charge in [-0.2, -0.15) is 5.26 Å². The summed E-state index contributed by atoms with van der Waals surface area (Å²) in [6.07, 6.45) is 1.86. The number of benzene rings is 1. The van der Waals surface area contributed by atoms with E-state index in [-0.39, 0.29) is 11.8 Å². The molecule has 0 saturated heterocycles. The average molecular weight is 274 g/mol. The Morgan fingerprint density at radius 1 is 1.30 bits per heavy atom. The van der Waals surface area contributed by atoms with Crippen LogP contribution in [0.15, 0.2) is 24.3 Å². The first-order valence-corrected chi connectivity index (χ1v) is 6.84. The second-order valence-corrected chi connectivity index (χ2v) is 5.79. The quantitative estimate of drug-likeness (QED) is 0.715. The lowest BCUT2D eigenvalue weighted by molar-refractivity contribution is -0.137. The molecular weight excluding hydrogens is 252 g/mol. The van der Waals surface area contributed by atoms with E-state index in [1.165, 1.54) is 0 Å². The molecule has 2 N–H and O–H groups in total. The third-order valence-electron chi connectivity index (χ3n) is 3.41. The Hall–Kier alpha value is -1.86. The highest BCUT2D eigenvalue weighted by molar-refractivity contribution is 5.66. The molecule has 0 amide bonds. The smallest absolute Gasteiger partial charge is 0.303 e. The van der Waals surface area contributed by atoms with Crippen LogP contribution in [0.3, 0.4) is 0 Å². The Morgan fingerprint density at radius 3 is 2.50 bits per heavy atom. The summed E-state index contributed by atoms with van der Waals surface area (Å²) in [6.45, 7) is 5.81. The molecule has 0 atom stereocenters. The van der Waals surface area contributed by atoms with Gasteiger partial charge in [-0.05, 0) is 42.5 Å². The standard InChI is InChI=1S/C16H22N2O2/c1-16(2,8-7-15(19)20)9-10-18-12-14-5-3-13(11-17)4-6-14/h3-6,18H,7-10,12H2,1-2H3,(H,19,20). The highest BCUT2D eigenvalue weighted by Gasteiger charge is 2.18. The molecule has 4 heteroatoms. The number of rotatable bonds is 8. The van der Waals surface area contributed by atoms with Crippen molar-refractivity contribution in [2.45, 2.75) is 39.7 Å². The maximum Gasteiger partial charge on any atom is 0.303 e. The molecule has 0 aliphatic carbocycles. The molecule has 0 heterocycles. The zero-order valence-electron chi connectivity index (χ0n) is 12.1. The van der Waals surface area contributed by atoms with Crippen molar-refractivity contribution in [2.75, 3.05) is 6.54 Å². The topological polar surface area (TPSA) is 73.1 Å². The molecule has 1 aromatic rings. The summed E-state index contributed by atoms with van der Waals surface area (Å²) < 4.78 is 0. The van der Waals surface area contributed by atoms with Crippen LogP contribution in [0.2, 0.25) is 0 Å². The van der Waals surface area contributed by atoms with Crippen molar-refractivity contribution in [2.24, 2.45) is 5.41 Å². The van der Waals surface area contributed by atoms with E-state index in [9.17, 15) is 4.79 Å². The van der Waals surface area contributed by atoms with Gasteiger partial charge in [0, 0.05) is 13.0 Å². The van der Waals surface area contributed by atoms with E-state index in [1.54, 1.807) is 0 Å². The van der Waals surface area contributed by atoms with Gasteiger partial charge in [0.1, 0.15) is 0 Å². The molecule has 20 heavy (non-hydrogen) atoms. The SMILES string of the molecule is CC(C)(CCNCc1ccc(C#N)cc1)CCC(=O)O. The molecule has 4 nitrogen and oxygen atoms in total. The van der Waals surface area contributed by atoms with Crippen molar-refractivity contribution in [3.05, 3.63) is 35.4 Å². The van der Waals surface area contributed by atoms with Gasteiger partial charge in [-0.15, -0.1) is 0 Å². The molecule has 0 saturated carbocycles. The molecular formula is C16H22N2O2. The Kier molecular flexibility index (Phi) is 6.20. The maximum absolute atomic E-state index is 10.6. The van der Waals surface area contributed by atoms with Gasteiger partial charge in [0.25, 0.3) is 0 Å². The molecule has 1 rings (SSSR count). The number of nitriles is 1. The average Bonchev–Trinajstić information content (AvgIpc) is 2.42. The molecule has 0 radical (unpaired) electrons. The number of carboxylic acid groups (broad SMARTS) is 1. The van der Waals surface area contributed by atoms with Crippen LogP contribution in [0.5, 0.6) is 0 Å². The molecule has 0 spiro atoms. The van der Waals surface area contributed by atoms with E-state index in [0.717, 1.165) is 25.1 Å². The van der Waals surface area contributed by atoms with Gasteiger partial charge in [0.15, 0.2) is 0 Å². The molecule has 0 aliphatic heterocycles. The predicted molar refractivity (Wildman–Crippen MR) is 78.1 cm³/mol. The van der Waals surface area contributed by atoms with E-state index >= 15 is 0 Å². The Balaban J connectivity index is 2.26. The normalized spacial score (nSPS) is 11.1. The number of carbonyl (C=O) groups is 1.